The third-order valence-electron chi connectivity index (χ3n) is 3.60. The van der Waals surface area contributed by atoms with Gasteiger partial charge in [0.2, 0.25) is 5.91 Å². The van der Waals surface area contributed by atoms with E-state index in [0.29, 0.717) is 19.4 Å². The van der Waals surface area contributed by atoms with E-state index >= 15 is 0 Å². The molecular weight excluding hydrogens is 216 g/mol. The van der Waals surface area contributed by atoms with Crippen LogP contribution in [-0.2, 0) is 4.79 Å². The number of hydrogen-bond donors (Lipinski definition) is 2. The van der Waals surface area contributed by atoms with E-state index < -0.39 is 0 Å². The molecule has 0 saturated carbocycles. The van der Waals surface area contributed by atoms with Crippen molar-refractivity contribution in [3.8, 4) is 0 Å². The summed E-state index contributed by atoms with van der Waals surface area (Å²) in [4.78, 5) is 14.4. The molecule has 1 saturated heterocycles. The first-order valence-electron chi connectivity index (χ1n) is 6.57. The zero-order chi connectivity index (χ0) is 13.1. The summed E-state index contributed by atoms with van der Waals surface area (Å²) >= 11 is 0. The summed E-state index contributed by atoms with van der Waals surface area (Å²) in [7, 11) is 0. The third kappa shape index (κ3) is 3.68. The molecule has 17 heavy (non-hydrogen) atoms. The van der Waals surface area contributed by atoms with Gasteiger partial charge in [-0.25, -0.2) is 0 Å². The van der Waals surface area contributed by atoms with Crippen molar-refractivity contribution >= 4 is 5.91 Å². The Morgan fingerprint density at radius 3 is 2.76 bits per heavy atom. The molecule has 2 unspecified atom stereocenters. The Bertz CT molecular complexity index is 264. The van der Waals surface area contributed by atoms with Crippen LogP contribution in [0.2, 0.25) is 0 Å². The van der Waals surface area contributed by atoms with Crippen molar-refractivity contribution in [3.63, 3.8) is 0 Å². The zero-order valence-electron chi connectivity index (χ0n) is 11.3. The van der Waals surface area contributed by atoms with E-state index in [-0.39, 0.29) is 23.5 Å². The Morgan fingerprint density at radius 1 is 1.59 bits per heavy atom. The van der Waals surface area contributed by atoms with E-state index in [1.54, 1.807) is 6.92 Å². The molecule has 1 amide bonds. The highest BCUT2D eigenvalue weighted by atomic mass is 16.3. The average Bonchev–Trinajstić information content (AvgIpc) is 2.63. The molecule has 1 aliphatic heterocycles. The molecular formula is C13H26N2O2. The molecule has 2 atom stereocenters. The quantitative estimate of drug-likeness (QED) is 0.759. The van der Waals surface area contributed by atoms with E-state index in [1.165, 1.54) is 0 Å². The highest BCUT2D eigenvalue weighted by molar-refractivity contribution is 5.82. The van der Waals surface area contributed by atoms with E-state index in [1.807, 2.05) is 18.7 Å². The van der Waals surface area contributed by atoms with Gasteiger partial charge in [0.25, 0.3) is 0 Å². The van der Waals surface area contributed by atoms with Crippen molar-refractivity contribution in [1.29, 1.82) is 0 Å². The van der Waals surface area contributed by atoms with Gasteiger partial charge in [-0.3, -0.25) is 4.79 Å². The predicted octanol–water partition coefficient (Wildman–Crippen LogP) is 1.12. The van der Waals surface area contributed by atoms with Gasteiger partial charge in [-0.05, 0) is 39.2 Å². The van der Waals surface area contributed by atoms with Gasteiger partial charge in [0.1, 0.15) is 0 Å². The van der Waals surface area contributed by atoms with Gasteiger partial charge >= 0.3 is 0 Å². The van der Waals surface area contributed by atoms with E-state index in [9.17, 15) is 9.90 Å². The van der Waals surface area contributed by atoms with E-state index in [2.05, 4.69) is 0 Å². The molecule has 0 aromatic rings. The highest BCUT2D eigenvalue weighted by Crippen LogP contribution is 2.29. The predicted molar refractivity (Wildman–Crippen MR) is 68.5 cm³/mol. The lowest BCUT2D eigenvalue weighted by molar-refractivity contribution is -0.141. The van der Waals surface area contributed by atoms with Crippen LogP contribution < -0.4 is 5.73 Å². The molecule has 0 aromatic heterocycles. The summed E-state index contributed by atoms with van der Waals surface area (Å²) in [5.41, 5.74) is 5.18. The summed E-state index contributed by atoms with van der Waals surface area (Å²) < 4.78 is 0. The summed E-state index contributed by atoms with van der Waals surface area (Å²) in [5, 5.41) is 9.46. The molecule has 0 aromatic carbocycles. The number of amides is 1. The minimum atomic E-state index is -0.379. The second-order valence-electron chi connectivity index (χ2n) is 5.80. The SMILES string of the molecule is CC(O)CC1CCCN1C(=O)C(C)(C)CCN. The molecule has 100 valence electrons. The smallest absolute Gasteiger partial charge is 0.228 e. The molecule has 0 aliphatic carbocycles. The number of carbonyl (C=O) groups excluding carboxylic acids is 1. The minimum absolute atomic E-state index is 0.186. The van der Waals surface area contributed by atoms with Gasteiger partial charge in [0.15, 0.2) is 0 Å². The molecule has 1 fully saturated rings. The van der Waals surface area contributed by atoms with Crippen LogP contribution in [0.25, 0.3) is 0 Å². The standard InChI is InChI=1S/C13H26N2O2/c1-10(16)9-11-5-4-8-15(11)12(17)13(2,3)6-7-14/h10-11,16H,4-9,14H2,1-3H3. The minimum Gasteiger partial charge on any atom is -0.393 e. The number of nitrogens with two attached hydrogens (primary N) is 1. The number of carbonyl (C=O) groups is 1. The maximum atomic E-state index is 12.4. The van der Waals surface area contributed by atoms with Crippen LogP contribution in [0.3, 0.4) is 0 Å². The first-order valence-corrected chi connectivity index (χ1v) is 6.57. The largest absolute Gasteiger partial charge is 0.393 e. The van der Waals surface area contributed by atoms with Gasteiger partial charge in [0.05, 0.1) is 6.10 Å². The lowest BCUT2D eigenvalue weighted by atomic mass is 9.87. The Morgan fingerprint density at radius 2 is 2.24 bits per heavy atom. The number of aliphatic hydroxyl groups excluding tert-OH is 1. The molecule has 1 heterocycles. The van der Waals surface area contributed by atoms with Gasteiger partial charge in [-0.2, -0.15) is 0 Å². The van der Waals surface area contributed by atoms with Crippen molar-refractivity contribution in [2.45, 2.75) is 58.6 Å². The molecule has 4 nitrogen and oxygen atoms in total. The molecule has 3 N–H and O–H groups in total. The average molecular weight is 242 g/mol. The fourth-order valence-electron chi connectivity index (χ4n) is 2.60. The van der Waals surface area contributed by atoms with Gasteiger partial charge in [0, 0.05) is 18.0 Å². The van der Waals surface area contributed by atoms with Crippen molar-refractivity contribution in [1.82, 2.24) is 4.90 Å². The Labute approximate surface area is 104 Å². The van der Waals surface area contributed by atoms with Gasteiger partial charge in [-0.15, -0.1) is 0 Å². The fourth-order valence-corrected chi connectivity index (χ4v) is 2.60. The van der Waals surface area contributed by atoms with E-state index in [0.717, 1.165) is 19.4 Å². The van der Waals surface area contributed by atoms with Crippen LogP contribution in [0, 0.1) is 5.41 Å². The molecule has 1 aliphatic rings. The molecule has 0 radical (unpaired) electrons. The zero-order valence-corrected chi connectivity index (χ0v) is 11.3. The Balaban J connectivity index is 2.67. The number of aliphatic hydroxyl groups is 1. The maximum Gasteiger partial charge on any atom is 0.228 e. The molecule has 1 rings (SSSR count). The van der Waals surface area contributed by atoms with Crippen LogP contribution in [-0.4, -0.2) is 41.1 Å². The topological polar surface area (TPSA) is 66.6 Å². The summed E-state index contributed by atoms with van der Waals surface area (Å²) in [6.45, 7) is 7.06. The van der Waals surface area contributed by atoms with Gasteiger partial charge in [-0.1, -0.05) is 13.8 Å². The number of likely N-dealkylation sites (tertiary alicyclic amines) is 1. The van der Waals surface area contributed by atoms with Crippen LogP contribution in [0.15, 0.2) is 0 Å². The van der Waals surface area contributed by atoms with Crippen molar-refractivity contribution < 1.29 is 9.90 Å². The van der Waals surface area contributed by atoms with E-state index in [4.69, 9.17) is 5.73 Å². The van der Waals surface area contributed by atoms with Crippen LogP contribution in [0.4, 0.5) is 0 Å². The third-order valence-corrected chi connectivity index (χ3v) is 3.60. The molecule has 4 heteroatoms. The van der Waals surface area contributed by atoms with Crippen LogP contribution >= 0.6 is 0 Å². The van der Waals surface area contributed by atoms with Crippen molar-refractivity contribution in [2.75, 3.05) is 13.1 Å². The first kappa shape index (κ1) is 14.5. The number of nitrogens with zero attached hydrogens (tertiary/aromatic N) is 1. The normalized spacial score (nSPS) is 22.9. The van der Waals surface area contributed by atoms with Gasteiger partial charge < -0.3 is 15.7 Å². The molecule has 0 spiro atoms. The lowest BCUT2D eigenvalue weighted by Gasteiger charge is -2.33. The second-order valence-corrected chi connectivity index (χ2v) is 5.80. The summed E-state index contributed by atoms with van der Waals surface area (Å²) in [5.74, 6) is 0.186. The van der Waals surface area contributed by atoms with Crippen LogP contribution in [0.1, 0.15) is 46.5 Å². The van der Waals surface area contributed by atoms with Crippen LogP contribution in [0.5, 0.6) is 0 Å². The highest BCUT2D eigenvalue weighted by Gasteiger charge is 2.37. The fraction of sp³-hybridized carbons (Fsp3) is 0.923. The number of rotatable bonds is 5. The summed E-state index contributed by atoms with van der Waals surface area (Å²) in [6.07, 6.45) is 3.11. The maximum absolute atomic E-state index is 12.4. The monoisotopic (exact) mass is 242 g/mol. The lowest BCUT2D eigenvalue weighted by Crippen LogP contribution is -2.45. The number of hydrogen-bond acceptors (Lipinski definition) is 3. The molecule has 0 bridgehead atoms. The van der Waals surface area contributed by atoms with Crippen molar-refractivity contribution in [3.05, 3.63) is 0 Å². The first-order chi connectivity index (χ1) is 7.88. The van der Waals surface area contributed by atoms with Crippen molar-refractivity contribution in [2.24, 2.45) is 11.1 Å². The Kier molecular flexibility index (Phi) is 4.95. The Hall–Kier alpha value is -0.610. The second kappa shape index (κ2) is 5.83. The summed E-state index contributed by atoms with van der Waals surface area (Å²) in [6, 6.07) is 0.208.